The van der Waals surface area contributed by atoms with E-state index in [1.807, 2.05) is 28.8 Å². The molecule has 0 bridgehead atoms. The normalized spacial score (nSPS) is 21.8. The largest absolute Gasteiger partial charge is 0.391 e. The van der Waals surface area contributed by atoms with E-state index in [1.54, 1.807) is 7.05 Å². The van der Waals surface area contributed by atoms with E-state index in [1.165, 1.54) is 0 Å². The molecule has 1 fully saturated rings. The molecule has 2 aromatic rings. The Morgan fingerprint density at radius 3 is 2.92 bits per heavy atom. The van der Waals surface area contributed by atoms with Crippen LogP contribution in [0.3, 0.4) is 0 Å². The lowest BCUT2D eigenvalue weighted by Gasteiger charge is -2.31. The predicted octanol–water partition coefficient (Wildman–Crippen LogP) is 2.56. The summed E-state index contributed by atoms with van der Waals surface area (Å²) < 4.78 is 40.7. The summed E-state index contributed by atoms with van der Waals surface area (Å²) in [6.07, 6.45) is 0.0180. The SMILES string of the molecule is CN=C(NCCc1nnc2ccccn12)NC1CCCC(C(F)(F)F)C1. The van der Waals surface area contributed by atoms with Gasteiger partial charge in [-0.1, -0.05) is 12.5 Å². The molecule has 1 saturated carbocycles. The number of hydrogen-bond donors (Lipinski definition) is 2. The van der Waals surface area contributed by atoms with Gasteiger partial charge in [-0.3, -0.25) is 9.39 Å². The summed E-state index contributed by atoms with van der Waals surface area (Å²) in [5.41, 5.74) is 0.783. The number of guanidine groups is 1. The second-order valence-corrected chi connectivity index (χ2v) is 6.54. The molecule has 6 nitrogen and oxygen atoms in total. The first-order valence-corrected chi connectivity index (χ1v) is 8.80. The van der Waals surface area contributed by atoms with Crippen molar-refractivity contribution in [3.8, 4) is 0 Å². The average molecular weight is 368 g/mol. The van der Waals surface area contributed by atoms with E-state index in [4.69, 9.17) is 0 Å². The monoisotopic (exact) mass is 368 g/mol. The van der Waals surface area contributed by atoms with Gasteiger partial charge in [0.05, 0.1) is 5.92 Å². The first-order valence-electron chi connectivity index (χ1n) is 8.80. The van der Waals surface area contributed by atoms with E-state index in [9.17, 15) is 13.2 Å². The Kier molecular flexibility index (Phi) is 5.63. The minimum Gasteiger partial charge on any atom is -0.356 e. The van der Waals surface area contributed by atoms with Crippen molar-refractivity contribution in [2.45, 2.75) is 44.3 Å². The maximum Gasteiger partial charge on any atom is 0.391 e. The van der Waals surface area contributed by atoms with E-state index >= 15 is 0 Å². The van der Waals surface area contributed by atoms with Crippen LogP contribution in [-0.2, 0) is 6.42 Å². The molecule has 2 atom stereocenters. The Balaban J connectivity index is 1.50. The number of nitrogens with one attached hydrogen (secondary N) is 2. The topological polar surface area (TPSA) is 66.6 Å². The summed E-state index contributed by atoms with van der Waals surface area (Å²) in [4.78, 5) is 4.12. The summed E-state index contributed by atoms with van der Waals surface area (Å²) >= 11 is 0. The molecule has 1 aliphatic carbocycles. The number of aromatic nitrogens is 3. The van der Waals surface area contributed by atoms with E-state index in [-0.39, 0.29) is 18.9 Å². The van der Waals surface area contributed by atoms with Gasteiger partial charge >= 0.3 is 6.18 Å². The van der Waals surface area contributed by atoms with Crippen LogP contribution in [-0.4, -0.2) is 46.4 Å². The zero-order valence-electron chi connectivity index (χ0n) is 14.6. The third-order valence-electron chi connectivity index (χ3n) is 4.73. The van der Waals surface area contributed by atoms with Crippen molar-refractivity contribution in [1.29, 1.82) is 0 Å². The van der Waals surface area contributed by atoms with E-state index in [0.29, 0.717) is 25.3 Å². The maximum absolute atomic E-state index is 12.9. The Bertz CT molecular complexity index is 754. The van der Waals surface area contributed by atoms with Crippen molar-refractivity contribution in [2.24, 2.45) is 10.9 Å². The van der Waals surface area contributed by atoms with Gasteiger partial charge < -0.3 is 10.6 Å². The number of alkyl halides is 3. The maximum atomic E-state index is 12.9. The second kappa shape index (κ2) is 7.92. The molecule has 0 radical (unpaired) electrons. The van der Waals surface area contributed by atoms with Gasteiger partial charge in [-0.15, -0.1) is 10.2 Å². The summed E-state index contributed by atoms with van der Waals surface area (Å²) in [5, 5.41) is 14.5. The Labute approximate surface area is 149 Å². The number of rotatable bonds is 4. The zero-order valence-corrected chi connectivity index (χ0v) is 14.6. The molecular weight excluding hydrogens is 345 g/mol. The van der Waals surface area contributed by atoms with Gasteiger partial charge in [-0.2, -0.15) is 13.2 Å². The van der Waals surface area contributed by atoms with Crippen molar-refractivity contribution in [2.75, 3.05) is 13.6 Å². The molecule has 0 amide bonds. The van der Waals surface area contributed by atoms with Crippen molar-refractivity contribution in [3.63, 3.8) is 0 Å². The van der Waals surface area contributed by atoms with Gasteiger partial charge in [0.2, 0.25) is 0 Å². The minimum atomic E-state index is -4.12. The van der Waals surface area contributed by atoms with Crippen LogP contribution in [0, 0.1) is 5.92 Å². The van der Waals surface area contributed by atoms with Crippen LogP contribution in [0.15, 0.2) is 29.4 Å². The molecular formula is C17H23F3N6. The molecule has 26 heavy (non-hydrogen) atoms. The summed E-state index contributed by atoms with van der Waals surface area (Å²) in [6, 6.07) is 5.48. The molecule has 0 spiro atoms. The molecule has 3 rings (SSSR count). The number of nitrogens with zero attached hydrogens (tertiary/aromatic N) is 4. The fourth-order valence-electron chi connectivity index (χ4n) is 3.36. The molecule has 0 saturated heterocycles. The van der Waals surface area contributed by atoms with Crippen LogP contribution >= 0.6 is 0 Å². The Morgan fingerprint density at radius 2 is 2.15 bits per heavy atom. The van der Waals surface area contributed by atoms with Crippen LogP contribution in [0.5, 0.6) is 0 Å². The van der Waals surface area contributed by atoms with Crippen molar-refractivity contribution in [1.82, 2.24) is 25.2 Å². The van der Waals surface area contributed by atoms with Gasteiger partial charge in [0, 0.05) is 32.3 Å². The van der Waals surface area contributed by atoms with Crippen LogP contribution in [0.4, 0.5) is 13.2 Å². The van der Waals surface area contributed by atoms with Gasteiger partial charge in [0.15, 0.2) is 11.6 Å². The zero-order chi connectivity index (χ0) is 18.6. The third kappa shape index (κ3) is 4.44. The number of aliphatic imine (C=N–C) groups is 1. The van der Waals surface area contributed by atoms with Crippen molar-refractivity contribution >= 4 is 11.6 Å². The third-order valence-corrected chi connectivity index (χ3v) is 4.73. The van der Waals surface area contributed by atoms with Crippen LogP contribution in [0.25, 0.3) is 5.65 Å². The number of pyridine rings is 1. The Hall–Kier alpha value is -2.32. The van der Waals surface area contributed by atoms with Crippen LogP contribution < -0.4 is 10.6 Å². The van der Waals surface area contributed by atoms with Crippen molar-refractivity contribution < 1.29 is 13.2 Å². The van der Waals surface area contributed by atoms with Gasteiger partial charge in [-0.05, 0) is 31.4 Å². The molecule has 1 aliphatic rings. The first kappa shape index (κ1) is 18.5. The molecule has 0 aliphatic heterocycles. The number of hydrogen-bond acceptors (Lipinski definition) is 3. The Morgan fingerprint density at radius 1 is 1.31 bits per heavy atom. The number of halogens is 3. The van der Waals surface area contributed by atoms with E-state index in [0.717, 1.165) is 17.9 Å². The first-order chi connectivity index (χ1) is 12.5. The molecule has 2 N–H and O–H groups in total. The molecule has 142 valence electrons. The second-order valence-electron chi connectivity index (χ2n) is 6.54. The van der Waals surface area contributed by atoms with Crippen LogP contribution in [0.2, 0.25) is 0 Å². The van der Waals surface area contributed by atoms with E-state index in [2.05, 4.69) is 25.8 Å². The summed E-state index contributed by atoms with van der Waals surface area (Å²) in [6.45, 7) is 0.560. The molecule has 0 aromatic carbocycles. The molecule has 2 unspecified atom stereocenters. The minimum absolute atomic E-state index is 0.0962. The highest BCUT2D eigenvalue weighted by Crippen LogP contribution is 2.37. The standard InChI is InChI=1S/C17H23F3N6/c1-21-16(23-13-6-4-5-12(11-13)17(18,19)20)22-9-8-15-25-24-14-7-2-3-10-26(14)15/h2-3,7,10,12-13H,4-6,8-9,11H2,1H3,(H2,21,22,23). The highest BCUT2D eigenvalue weighted by atomic mass is 19.4. The highest BCUT2D eigenvalue weighted by molar-refractivity contribution is 5.79. The highest BCUT2D eigenvalue weighted by Gasteiger charge is 2.42. The van der Waals surface area contributed by atoms with Crippen LogP contribution in [0.1, 0.15) is 31.5 Å². The summed E-state index contributed by atoms with van der Waals surface area (Å²) in [5.74, 6) is 0.110. The molecule has 2 aromatic heterocycles. The van der Waals surface area contributed by atoms with Crippen molar-refractivity contribution in [3.05, 3.63) is 30.2 Å². The smallest absolute Gasteiger partial charge is 0.356 e. The lowest BCUT2D eigenvalue weighted by atomic mass is 9.85. The average Bonchev–Trinajstić information content (AvgIpc) is 3.04. The fourth-order valence-corrected chi connectivity index (χ4v) is 3.36. The number of fused-ring (bicyclic) bond motifs is 1. The fraction of sp³-hybridized carbons (Fsp3) is 0.588. The van der Waals surface area contributed by atoms with Gasteiger partial charge in [0.1, 0.15) is 5.82 Å². The lowest BCUT2D eigenvalue weighted by Crippen LogP contribution is -2.47. The molecule has 2 heterocycles. The quantitative estimate of drug-likeness (QED) is 0.643. The van der Waals surface area contributed by atoms with Gasteiger partial charge in [-0.25, -0.2) is 0 Å². The van der Waals surface area contributed by atoms with E-state index < -0.39 is 12.1 Å². The molecule has 9 heteroatoms. The van der Waals surface area contributed by atoms with Gasteiger partial charge in [0.25, 0.3) is 0 Å². The predicted molar refractivity (Wildman–Crippen MR) is 93.0 cm³/mol. The lowest BCUT2D eigenvalue weighted by molar-refractivity contribution is -0.183. The summed E-state index contributed by atoms with van der Waals surface area (Å²) in [7, 11) is 1.62.